The third-order valence-electron chi connectivity index (χ3n) is 4.70. The van der Waals surface area contributed by atoms with E-state index in [4.69, 9.17) is 9.15 Å². The summed E-state index contributed by atoms with van der Waals surface area (Å²) < 4.78 is 13.2. The maximum absolute atomic E-state index is 10.9. The van der Waals surface area contributed by atoms with Gasteiger partial charge in [0.1, 0.15) is 27.8 Å². The molecule has 0 saturated carbocycles. The third-order valence-corrected chi connectivity index (χ3v) is 5.54. The molecule has 0 fully saturated rings. The molecule has 5 rings (SSSR count). The molecule has 0 aliphatic carbocycles. The lowest BCUT2D eigenvalue weighted by Gasteiger charge is -2.11. The molecule has 0 spiro atoms. The number of fused-ring (bicyclic) bond motifs is 2. The van der Waals surface area contributed by atoms with E-state index < -0.39 is 0 Å². The highest BCUT2D eigenvalue weighted by Crippen LogP contribution is 2.41. The number of nitrogens with zero attached hydrogens (tertiary/aromatic N) is 3. The van der Waals surface area contributed by atoms with Crippen molar-refractivity contribution in [2.24, 2.45) is 0 Å². The van der Waals surface area contributed by atoms with Gasteiger partial charge in [-0.25, -0.2) is 9.50 Å². The number of hydrogen-bond donors (Lipinski definition) is 1. The van der Waals surface area contributed by atoms with Crippen molar-refractivity contribution < 1.29 is 14.3 Å². The molecule has 0 aliphatic rings. The van der Waals surface area contributed by atoms with Crippen molar-refractivity contribution >= 4 is 27.3 Å². The van der Waals surface area contributed by atoms with E-state index >= 15 is 0 Å². The molecule has 3 aromatic heterocycles. The van der Waals surface area contributed by atoms with Crippen LogP contribution in [-0.2, 0) is 6.42 Å². The van der Waals surface area contributed by atoms with Gasteiger partial charge in [0.15, 0.2) is 5.76 Å². The lowest BCUT2D eigenvalue weighted by Crippen LogP contribution is -1.95. The van der Waals surface area contributed by atoms with Gasteiger partial charge >= 0.3 is 0 Å². The highest BCUT2D eigenvalue weighted by molar-refractivity contribution is 7.16. The van der Waals surface area contributed by atoms with Crippen LogP contribution >= 0.6 is 11.3 Å². The van der Waals surface area contributed by atoms with E-state index in [0.29, 0.717) is 34.6 Å². The van der Waals surface area contributed by atoms with E-state index in [2.05, 4.69) is 10.1 Å². The number of phenols is 1. The molecule has 1 N–H and O–H groups in total. The van der Waals surface area contributed by atoms with Gasteiger partial charge in [0, 0.05) is 18.1 Å². The van der Waals surface area contributed by atoms with Gasteiger partial charge in [-0.1, -0.05) is 41.7 Å². The van der Waals surface area contributed by atoms with Crippen LogP contribution in [0.15, 0.2) is 53.1 Å². The van der Waals surface area contributed by atoms with Crippen LogP contribution in [0.5, 0.6) is 11.5 Å². The number of aromatic hydroxyl groups is 1. The minimum Gasteiger partial charge on any atom is -0.507 e. The van der Waals surface area contributed by atoms with Crippen LogP contribution in [0.2, 0.25) is 0 Å². The number of aryl methyl sites for hydroxylation is 1. The summed E-state index contributed by atoms with van der Waals surface area (Å²) in [5.41, 5.74) is 3.06. The number of ether oxygens (including phenoxy) is 1. The van der Waals surface area contributed by atoms with Crippen molar-refractivity contribution in [3.05, 3.63) is 64.8 Å². The second kappa shape index (κ2) is 6.38. The fourth-order valence-electron chi connectivity index (χ4n) is 3.38. The standard InChI is InChI=1S/C21H17N3O3S/c1-12-23-24-11-16(22-21(24)28-12)19-9-15-18(27-19)10-17(26-2)14(20(15)25)8-13-6-4-3-5-7-13/h3-7,9-11,25H,8H2,1-2H3. The molecule has 0 saturated heterocycles. The lowest BCUT2D eigenvalue weighted by molar-refractivity contribution is 0.402. The Bertz CT molecular complexity index is 1270. The Labute approximate surface area is 164 Å². The van der Waals surface area contributed by atoms with Crippen LogP contribution < -0.4 is 4.74 Å². The van der Waals surface area contributed by atoms with Crippen molar-refractivity contribution in [3.63, 3.8) is 0 Å². The van der Waals surface area contributed by atoms with E-state index in [9.17, 15) is 5.11 Å². The Hall–Kier alpha value is -3.32. The van der Waals surface area contributed by atoms with Crippen molar-refractivity contribution in [2.75, 3.05) is 7.11 Å². The van der Waals surface area contributed by atoms with Gasteiger partial charge in [0.2, 0.25) is 4.96 Å². The number of methoxy groups -OCH3 is 1. The topological polar surface area (TPSA) is 72.8 Å². The molecular weight excluding hydrogens is 374 g/mol. The Morgan fingerprint density at radius 3 is 2.79 bits per heavy atom. The SMILES string of the molecule is COc1cc2oc(-c3cn4nc(C)sc4n3)cc2c(O)c1Cc1ccccc1. The molecule has 7 heteroatoms. The van der Waals surface area contributed by atoms with Gasteiger partial charge in [-0.3, -0.25) is 0 Å². The largest absolute Gasteiger partial charge is 0.507 e. The van der Waals surface area contributed by atoms with Crippen LogP contribution in [0.25, 0.3) is 27.4 Å². The predicted octanol–water partition coefficient (Wildman–Crippen LogP) is 4.82. The number of benzene rings is 2. The Balaban J connectivity index is 1.62. The van der Waals surface area contributed by atoms with Gasteiger partial charge in [0.05, 0.1) is 18.7 Å². The number of furan rings is 1. The van der Waals surface area contributed by atoms with Crippen LogP contribution in [0, 0.1) is 6.92 Å². The molecule has 0 radical (unpaired) electrons. The first-order valence-electron chi connectivity index (χ1n) is 8.82. The third kappa shape index (κ3) is 2.71. The highest BCUT2D eigenvalue weighted by atomic mass is 32.1. The molecule has 5 aromatic rings. The zero-order valence-corrected chi connectivity index (χ0v) is 16.2. The predicted molar refractivity (Wildman–Crippen MR) is 108 cm³/mol. The van der Waals surface area contributed by atoms with E-state index in [-0.39, 0.29) is 5.75 Å². The van der Waals surface area contributed by atoms with Crippen LogP contribution in [0.1, 0.15) is 16.1 Å². The minimum atomic E-state index is 0.170. The molecular formula is C21H17N3O3S. The Morgan fingerprint density at radius 2 is 2.04 bits per heavy atom. The monoisotopic (exact) mass is 391 g/mol. The highest BCUT2D eigenvalue weighted by Gasteiger charge is 2.19. The van der Waals surface area contributed by atoms with Crippen LogP contribution in [0.4, 0.5) is 0 Å². The normalized spacial score (nSPS) is 11.5. The lowest BCUT2D eigenvalue weighted by atomic mass is 10.0. The summed E-state index contributed by atoms with van der Waals surface area (Å²) in [6.07, 6.45) is 2.39. The van der Waals surface area contributed by atoms with Crippen molar-refractivity contribution in [2.45, 2.75) is 13.3 Å². The van der Waals surface area contributed by atoms with Gasteiger partial charge in [0.25, 0.3) is 0 Å². The van der Waals surface area contributed by atoms with Crippen LogP contribution in [-0.4, -0.2) is 26.8 Å². The number of imidazole rings is 1. The number of aromatic nitrogens is 3. The summed E-state index contributed by atoms with van der Waals surface area (Å²) in [5.74, 6) is 1.35. The van der Waals surface area contributed by atoms with E-state index in [1.165, 1.54) is 11.3 Å². The summed E-state index contributed by atoms with van der Waals surface area (Å²) in [5, 5.41) is 16.9. The summed E-state index contributed by atoms with van der Waals surface area (Å²) in [7, 11) is 1.59. The van der Waals surface area contributed by atoms with Crippen LogP contribution in [0.3, 0.4) is 0 Å². The molecule has 0 unspecified atom stereocenters. The molecule has 0 aliphatic heterocycles. The van der Waals surface area contributed by atoms with E-state index in [1.807, 2.05) is 55.6 Å². The zero-order chi connectivity index (χ0) is 19.3. The van der Waals surface area contributed by atoms with E-state index in [0.717, 1.165) is 21.1 Å². The van der Waals surface area contributed by atoms with Crippen molar-refractivity contribution in [1.29, 1.82) is 0 Å². The van der Waals surface area contributed by atoms with Gasteiger partial charge in [-0.05, 0) is 18.6 Å². The summed E-state index contributed by atoms with van der Waals surface area (Å²) in [4.78, 5) is 5.38. The Morgan fingerprint density at radius 1 is 1.21 bits per heavy atom. The number of hydrogen-bond acceptors (Lipinski definition) is 6. The Kier molecular flexibility index (Phi) is 3.84. The first-order valence-corrected chi connectivity index (χ1v) is 9.63. The second-order valence-corrected chi connectivity index (χ2v) is 7.73. The fourth-order valence-corrected chi connectivity index (χ4v) is 4.10. The quantitative estimate of drug-likeness (QED) is 0.476. The van der Waals surface area contributed by atoms with Gasteiger partial charge in [-0.2, -0.15) is 5.10 Å². The summed E-state index contributed by atoms with van der Waals surface area (Å²) in [6.45, 7) is 1.94. The van der Waals surface area contributed by atoms with Gasteiger partial charge in [-0.15, -0.1) is 0 Å². The molecule has 0 atom stereocenters. The average Bonchev–Trinajstić information content (AvgIpc) is 3.37. The summed E-state index contributed by atoms with van der Waals surface area (Å²) >= 11 is 1.52. The van der Waals surface area contributed by atoms with Gasteiger partial charge < -0.3 is 14.3 Å². The zero-order valence-electron chi connectivity index (χ0n) is 15.3. The first kappa shape index (κ1) is 16.8. The number of phenolic OH excluding ortho intramolecular Hbond substituents is 1. The van der Waals surface area contributed by atoms with Crippen molar-refractivity contribution in [1.82, 2.24) is 14.6 Å². The minimum absolute atomic E-state index is 0.170. The molecule has 140 valence electrons. The summed E-state index contributed by atoms with van der Waals surface area (Å²) in [6, 6.07) is 13.6. The maximum atomic E-state index is 10.9. The molecule has 2 aromatic carbocycles. The second-order valence-electron chi connectivity index (χ2n) is 6.57. The number of rotatable bonds is 4. The fraction of sp³-hybridized carbons (Fsp3) is 0.143. The average molecular weight is 391 g/mol. The molecule has 0 amide bonds. The molecule has 6 nitrogen and oxygen atoms in total. The smallest absolute Gasteiger partial charge is 0.212 e. The van der Waals surface area contributed by atoms with E-state index in [1.54, 1.807) is 11.6 Å². The molecule has 0 bridgehead atoms. The molecule has 28 heavy (non-hydrogen) atoms. The van der Waals surface area contributed by atoms with Crippen molar-refractivity contribution in [3.8, 4) is 23.0 Å². The molecule has 3 heterocycles. The first-order chi connectivity index (χ1) is 13.6. The maximum Gasteiger partial charge on any atom is 0.212 e.